The van der Waals surface area contributed by atoms with Crippen molar-refractivity contribution >= 4 is 46.6 Å². The maximum absolute atomic E-state index is 13.1. The van der Waals surface area contributed by atoms with Gasteiger partial charge in [-0.3, -0.25) is 9.59 Å². The van der Waals surface area contributed by atoms with E-state index < -0.39 is 24.5 Å². The maximum Gasteiger partial charge on any atom is 0.329 e. The summed E-state index contributed by atoms with van der Waals surface area (Å²) in [6, 6.07) is 8.65. The molecule has 31 heavy (non-hydrogen) atoms. The van der Waals surface area contributed by atoms with Crippen molar-refractivity contribution in [3.63, 3.8) is 0 Å². The second kappa shape index (κ2) is 9.77. The van der Waals surface area contributed by atoms with Gasteiger partial charge in [0, 0.05) is 0 Å². The van der Waals surface area contributed by atoms with E-state index in [0.717, 1.165) is 10.5 Å². The molecule has 1 aliphatic heterocycles. The molecule has 1 aliphatic rings. The topological polar surface area (TPSA) is 94.2 Å². The van der Waals surface area contributed by atoms with Gasteiger partial charge in [-0.25, -0.2) is 14.1 Å². The van der Waals surface area contributed by atoms with Gasteiger partial charge < -0.3 is 19.5 Å². The highest BCUT2D eigenvalue weighted by Gasteiger charge is 2.35. The summed E-state index contributed by atoms with van der Waals surface area (Å²) in [7, 11) is 2.65. The molecule has 0 saturated carbocycles. The highest BCUT2D eigenvalue weighted by molar-refractivity contribution is 14.1. The smallest absolute Gasteiger partial charge is 0.329 e. The highest BCUT2D eigenvalue weighted by Crippen LogP contribution is 2.35. The fourth-order valence-electron chi connectivity index (χ4n) is 2.77. The van der Waals surface area contributed by atoms with E-state index in [-0.39, 0.29) is 18.1 Å². The molecule has 1 fully saturated rings. The van der Waals surface area contributed by atoms with E-state index in [1.165, 1.54) is 32.4 Å². The third kappa shape index (κ3) is 5.32. The molecule has 1 N–H and O–H groups in total. The lowest BCUT2D eigenvalue weighted by Crippen LogP contribution is -2.36. The molecule has 10 heteroatoms. The van der Waals surface area contributed by atoms with E-state index in [2.05, 4.69) is 32.6 Å². The number of esters is 1. The summed E-state index contributed by atoms with van der Waals surface area (Å²) in [4.78, 5) is 36.6. The van der Waals surface area contributed by atoms with Gasteiger partial charge in [0.25, 0.3) is 5.91 Å². The molecule has 162 valence electrons. The molecule has 2 aromatic rings. The lowest BCUT2D eigenvalue weighted by Gasteiger charge is -2.14. The molecule has 3 amide bonds. The number of hydrogen-bond donors (Lipinski definition) is 1. The second-order valence-electron chi connectivity index (χ2n) is 6.40. The van der Waals surface area contributed by atoms with Crippen LogP contribution >= 0.6 is 22.6 Å². The van der Waals surface area contributed by atoms with Gasteiger partial charge in [0.2, 0.25) is 0 Å². The SMILES string of the molecule is COC(=O)CN1C(=O)N/C(=C/c2cc(I)c(OCc3ccc(F)cc3)c(OC)c2)C1=O. The average Bonchev–Trinajstić information content (AvgIpc) is 3.01. The van der Waals surface area contributed by atoms with Crippen LogP contribution in [0.1, 0.15) is 11.1 Å². The van der Waals surface area contributed by atoms with Gasteiger partial charge in [-0.2, -0.15) is 0 Å². The Bertz CT molecular complexity index is 1050. The number of methoxy groups -OCH3 is 2. The Kier molecular flexibility index (Phi) is 7.10. The Labute approximate surface area is 191 Å². The lowest BCUT2D eigenvalue weighted by atomic mass is 10.1. The Morgan fingerprint density at radius 1 is 1.19 bits per heavy atom. The molecular formula is C21H18FIN2O6. The summed E-state index contributed by atoms with van der Waals surface area (Å²) in [6.45, 7) is -0.264. The summed E-state index contributed by atoms with van der Waals surface area (Å²) < 4.78 is 29.5. The third-order valence-electron chi connectivity index (χ3n) is 4.34. The van der Waals surface area contributed by atoms with E-state index in [0.29, 0.717) is 20.6 Å². The summed E-state index contributed by atoms with van der Waals surface area (Å²) >= 11 is 2.07. The summed E-state index contributed by atoms with van der Waals surface area (Å²) in [5, 5.41) is 2.44. The van der Waals surface area contributed by atoms with Crippen LogP contribution in [-0.2, 0) is 20.9 Å². The fraction of sp³-hybridized carbons (Fsp3) is 0.190. The quantitative estimate of drug-likeness (QED) is 0.251. The number of rotatable bonds is 7. The minimum Gasteiger partial charge on any atom is -0.493 e. The first kappa shape index (κ1) is 22.5. The highest BCUT2D eigenvalue weighted by atomic mass is 127. The van der Waals surface area contributed by atoms with Crippen LogP contribution in [0.2, 0.25) is 0 Å². The van der Waals surface area contributed by atoms with Crippen LogP contribution < -0.4 is 14.8 Å². The molecule has 0 bridgehead atoms. The number of amides is 3. The average molecular weight is 540 g/mol. The van der Waals surface area contributed by atoms with Crippen molar-refractivity contribution in [2.75, 3.05) is 20.8 Å². The molecule has 0 radical (unpaired) electrons. The van der Waals surface area contributed by atoms with Gasteiger partial charge in [0.05, 0.1) is 17.8 Å². The Hall–Kier alpha value is -3.15. The van der Waals surface area contributed by atoms with Gasteiger partial charge in [-0.15, -0.1) is 0 Å². The molecule has 1 saturated heterocycles. The van der Waals surface area contributed by atoms with E-state index >= 15 is 0 Å². The number of hydrogen-bond acceptors (Lipinski definition) is 6. The van der Waals surface area contributed by atoms with Crippen molar-refractivity contribution in [1.29, 1.82) is 0 Å². The summed E-state index contributed by atoms with van der Waals surface area (Å²) in [5.41, 5.74) is 1.39. The third-order valence-corrected chi connectivity index (χ3v) is 5.14. The minimum absolute atomic E-state index is 0.0201. The summed E-state index contributed by atoms with van der Waals surface area (Å²) in [6.07, 6.45) is 1.48. The van der Waals surface area contributed by atoms with Crippen LogP contribution in [0.4, 0.5) is 9.18 Å². The van der Waals surface area contributed by atoms with Gasteiger partial charge in [0.15, 0.2) is 11.5 Å². The first-order valence-corrected chi connectivity index (χ1v) is 10.1. The van der Waals surface area contributed by atoms with Crippen LogP contribution in [0.15, 0.2) is 42.1 Å². The maximum atomic E-state index is 13.1. The summed E-state index contributed by atoms with van der Waals surface area (Å²) in [5.74, 6) is -0.760. The number of benzene rings is 2. The zero-order valence-electron chi connectivity index (χ0n) is 16.6. The number of nitrogens with one attached hydrogen (secondary N) is 1. The van der Waals surface area contributed by atoms with Crippen molar-refractivity contribution in [2.24, 2.45) is 0 Å². The van der Waals surface area contributed by atoms with Crippen LogP contribution in [0.5, 0.6) is 11.5 Å². The van der Waals surface area contributed by atoms with E-state index in [9.17, 15) is 18.8 Å². The van der Waals surface area contributed by atoms with Gasteiger partial charge in [-0.05, 0) is 64.1 Å². The zero-order chi connectivity index (χ0) is 22.5. The van der Waals surface area contributed by atoms with Crippen LogP contribution in [0, 0.1) is 9.39 Å². The van der Waals surface area contributed by atoms with Crippen LogP contribution in [-0.4, -0.2) is 43.6 Å². The Balaban J connectivity index is 1.80. The van der Waals surface area contributed by atoms with Crippen molar-refractivity contribution in [2.45, 2.75) is 6.61 Å². The van der Waals surface area contributed by atoms with Gasteiger partial charge in [-0.1, -0.05) is 12.1 Å². The standard InChI is InChI=1S/C21H18FIN2O6/c1-29-17-9-13(8-16-20(27)25(21(28)24-16)10-18(26)30-2)7-15(23)19(17)31-11-12-3-5-14(22)6-4-12/h3-9H,10-11H2,1-2H3,(H,24,28)/b16-8+. The van der Waals surface area contributed by atoms with Crippen LogP contribution in [0.25, 0.3) is 6.08 Å². The molecule has 8 nitrogen and oxygen atoms in total. The molecule has 0 spiro atoms. The number of ether oxygens (including phenoxy) is 3. The minimum atomic E-state index is -0.706. The van der Waals surface area contributed by atoms with E-state index in [4.69, 9.17) is 9.47 Å². The molecule has 0 unspecified atom stereocenters. The van der Waals surface area contributed by atoms with Crippen molar-refractivity contribution < 1.29 is 33.0 Å². The Morgan fingerprint density at radius 2 is 1.90 bits per heavy atom. The predicted molar refractivity (Wildman–Crippen MR) is 117 cm³/mol. The van der Waals surface area contributed by atoms with E-state index in [1.54, 1.807) is 24.3 Å². The van der Waals surface area contributed by atoms with Gasteiger partial charge >= 0.3 is 12.0 Å². The van der Waals surface area contributed by atoms with Crippen molar-refractivity contribution in [1.82, 2.24) is 10.2 Å². The fourth-order valence-corrected chi connectivity index (χ4v) is 3.56. The first-order chi connectivity index (χ1) is 14.8. The largest absolute Gasteiger partial charge is 0.493 e. The first-order valence-electron chi connectivity index (χ1n) is 8.98. The zero-order valence-corrected chi connectivity index (χ0v) is 18.8. The molecule has 3 rings (SSSR count). The lowest BCUT2D eigenvalue weighted by molar-refractivity contribution is -0.143. The second-order valence-corrected chi connectivity index (χ2v) is 7.57. The molecular weight excluding hydrogens is 522 g/mol. The van der Waals surface area contributed by atoms with Crippen molar-refractivity contribution in [3.8, 4) is 11.5 Å². The molecule has 2 aromatic carbocycles. The number of carbonyl (C=O) groups excluding carboxylic acids is 3. The number of halogens is 2. The monoisotopic (exact) mass is 540 g/mol. The van der Waals surface area contributed by atoms with Crippen LogP contribution in [0.3, 0.4) is 0 Å². The molecule has 1 heterocycles. The predicted octanol–water partition coefficient (Wildman–Crippen LogP) is 3.08. The Morgan fingerprint density at radius 3 is 2.55 bits per heavy atom. The number of urea groups is 1. The van der Waals surface area contributed by atoms with Crippen molar-refractivity contribution in [3.05, 3.63) is 62.6 Å². The molecule has 0 atom stereocenters. The van der Waals surface area contributed by atoms with E-state index in [1.807, 2.05) is 0 Å². The van der Waals surface area contributed by atoms with Gasteiger partial charge in [0.1, 0.15) is 24.7 Å². The normalized spacial score (nSPS) is 14.6. The number of nitrogens with zero attached hydrogens (tertiary/aromatic N) is 1. The number of imide groups is 1. The molecule has 0 aliphatic carbocycles. The number of carbonyl (C=O) groups is 3. The molecule has 0 aromatic heterocycles.